The summed E-state index contributed by atoms with van der Waals surface area (Å²) >= 11 is 0. The van der Waals surface area contributed by atoms with Gasteiger partial charge < -0.3 is 9.13 Å². The van der Waals surface area contributed by atoms with E-state index in [2.05, 4.69) is 196 Å². The van der Waals surface area contributed by atoms with Crippen LogP contribution in [-0.2, 0) is 0 Å². The molecule has 0 unspecified atom stereocenters. The van der Waals surface area contributed by atoms with Gasteiger partial charge in [-0.15, -0.1) is 0 Å². The second kappa shape index (κ2) is 10.7. The van der Waals surface area contributed by atoms with E-state index in [1.54, 1.807) is 0 Å². The lowest BCUT2D eigenvalue weighted by Crippen LogP contribution is -2.00. The average molecular weight is 675 g/mol. The summed E-state index contributed by atoms with van der Waals surface area (Å²) in [5, 5.41) is 8.56. The Balaban J connectivity index is 1.20. The van der Waals surface area contributed by atoms with Crippen LogP contribution in [0.25, 0.3) is 104 Å². The standard InChI is InChI=1S/C49H30N4/c1-2-18-40-35(13-1)41-29-31(25-26-47(41)53-48-24-12-7-19-42(48)50-49(40)53)32-27-33(51-43-20-8-3-14-36(43)37-15-4-9-21-44(37)51)30-34(28-32)52-45-22-10-5-16-38(45)39-17-6-11-23-46(39)52/h1-30H. The quantitative estimate of drug-likeness (QED) is 0.171. The number of imidazole rings is 1. The van der Waals surface area contributed by atoms with E-state index in [1.807, 2.05) is 0 Å². The molecule has 0 saturated heterocycles. The zero-order chi connectivity index (χ0) is 34.6. The Bertz CT molecular complexity index is 3230. The highest BCUT2D eigenvalue weighted by atomic mass is 15.0. The van der Waals surface area contributed by atoms with Crippen LogP contribution in [0.3, 0.4) is 0 Å². The zero-order valence-electron chi connectivity index (χ0n) is 28.6. The minimum absolute atomic E-state index is 0.990. The summed E-state index contributed by atoms with van der Waals surface area (Å²) in [6.07, 6.45) is 0. The molecule has 4 heteroatoms. The van der Waals surface area contributed by atoms with Crippen molar-refractivity contribution in [3.63, 3.8) is 0 Å². The van der Waals surface area contributed by atoms with Crippen LogP contribution in [0.1, 0.15) is 0 Å². The van der Waals surface area contributed by atoms with Gasteiger partial charge in [-0.25, -0.2) is 4.98 Å². The predicted molar refractivity (Wildman–Crippen MR) is 222 cm³/mol. The van der Waals surface area contributed by atoms with E-state index in [4.69, 9.17) is 4.98 Å². The van der Waals surface area contributed by atoms with Gasteiger partial charge in [0.2, 0.25) is 0 Å². The maximum atomic E-state index is 5.11. The van der Waals surface area contributed by atoms with Gasteiger partial charge in [0.25, 0.3) is 0 Å². The van der Waals surface area contributed by atoms with Crippen molar-refractivity contribution in [2.75, 3.05) is 0 Å². The monoisotopic (exact) mass is 674 g/mol. The summed E-state index contributed by atoms with van der Waals surface area (Å²) in [6.45, 7) is 0. The van der Waals surface area contributed by atoms with Crippen LogP contribution in [0, 0.1) is 0 Å². The zero-order valence-corrected chi connectivity index (χ0v) is 28.6. The molecule has 0 fully saturated rings. The van der Waals surface area contributed by atoms with E-state index >= 15 is 0 Å². The summed E-state index contributed by atoms with van der Waals surface area (Å²) in [5.41, 5.74) is 13.6. The molecule has 4 heterocycles. The first kappa shape index (κ1) is 28.5. The van der Waals surface area contributed by atoms with Crippen LogP contribution in [0.2, 0.25) is 0 Å². The highest BCUT2D eigenvalue weighted by Crippen LogP contribution is 2.39. The normalized spacial score (nSPS) is 12.2. The lowest BCUT2D eigenvalue weighted by Gasteiger charge is -2.16. The number of para-hydroxylation sites is 6. The van der Waals surface area contributed by atoms with Gasteiger partial charge in [-0.3, -0.25) is 4.40 Å². The summed E-state index contributed by atoms with van der Waals surface area (Å²) < 4.78 is 7.20. The first-order valence-corrected chi connectivity index (χ1v) is 18.1. The minimum atomic E-state index is 0.990. The number of fused-ring (bicyclic) bond motifs is 14. The van der Waals surface area contributed by atoms with Crippen molar-refractivity contribution in [2.24, 2.45) is 0 Å². The van der Waals surface area contributed by atoms with Crippen molar-refractivity contribution in [1.29, 1.82) is 0 Å². The number of pyridine rings is 1. The third-order valence-corrected chi connectivity index (χ3v) is 11.2. The number of hydrogen-bond donors (Lipinski definition) is 0. The average Bonchev–Trinajstić information content (AvgIpc) is 3.89. The Hall–Kier alpha value is -7.17. The molecule has 4 nitrogen and oxygen atoms in total. The second-order valence-electron chi connectivity index (χ2n) is 14.0. The fourth-order valence-electron chi connectivity index (χ4n) is 8.91. The molecule has 0 atom stereocenters. The Morgan fingerprint density at radius 2 is 0.755 bits per heavy atom. The van der Waals surface area contributed by atoms with Crippen molar-refractivity contribution >= 4 is 82.0 Å². The van der Waals surface area contributed by atoms with Crippen molar-refractivity contribution in [3.05, 3.63) is 182 Å². The molecular weight excluding hydrogens is 645 g/mol. The molecule has 0 bridgehead atoms. The third-order valence-electron chi connectivity index (χ3n) is 11.2. The largest absolute Gasteiger partial charge is 0.309 e. The molecule has 0 N–H and O–H groups in total. The number of aromatic nitrogens is 4. The van der Waals surface area contributed by atoms with E-state index in [0.717, 1.165) is 50.1 Å². The molecular formula is C49H30N4. The van der Waals surface area contributed by atoms with Crippen LogP contribution in [0.5, 0.6) is 0 Å². The third kappa shape index (κ3) is 3.98. The summed E-state index contributed by atoms with van der Waals surface area (Å²) in [6, 6.07) is 66.2. The van der Waals surface area contributed by atoms with Gasteiger partial charge in [-0.2, -0.15) is 0 Å². The van der Waals surface area contributed by atoms with Crippen LogP contribution in [-0.4, -0.2) is 18.5 Å². The van der Waals surface area contributed by atoms with Crippen LogP contribution in [0.15, 0.2) is 182 Å². The summed E-state index contributed by atoms with van der Waals surface area (Å²) in [7, 11) is 0. The molecule has 12 rings (SSSR count). The Morgan fingerprint density at radius 1 is 0.302 bits per heavy atom. The van der Waals surface area contributed by atoms with Crippen molar-refractivity contribution in [1.82, 2.24) is 18.5 Å². The predicted octanol–water partition coefficient (Wildman–Crippen LogP) is 12.7. The van der Waals surface area contributed by atoms with Gasteiger partial charge in [0, 0.05) is 43.7 Å². The summed E-state index contributed by atoms with van der Waals surface area (Å²) in [4.78, 5) is 5.11. The van der Waals surface area contributed by atoms with Gasteiger partial charge in [0.1, 0.15) is 5.65 Å². The number of benzene rings is 8. The lowest BCUT2D eigenvalue weighted by molar-refractivity contribution is 1.13. The van der Waals surface area contributed by atoms with Crippen LogP contribution in [0.4, 0.5) is 0 Å². The maximum Gasteiger partial charge on any atom is 0.146 e. The highest BCUT2D eigenvalue weighted by Gasteiger charge is 2.19. The van der Waals surface area contributed by atoms with Crippen molar-refractivity contribution in [3.8, 4) is 22.5 Å². The first-order valence-electron chi connectivity index (χ1n) is 18.1. The fourth-order valence-corrected chi connectivity index (χ4v) is 8.91. The molecule has 12 aromatic rings. The molecule has 8 aromatic carbocycles. The Labute approximate surface area is 304 Å². The van der Waals surface area contributed by atoms with E-state index in [9.17, 15) is 0 Å². The molecule has 246 valence electrons. The summed E-state index contributed by atoms with van der Waals surface area (Å²) in [5.74, 6) is 0. The topological polar surface area (TPSA) is 27.2 Å². The number of hydrogen-bond acceptors (Lipinski definition) is 1. The van der Waals surface area contributed by atoms with Gasteiger partial charge in [-0.05, 0) is 83.2 Å². The minimum Gasteiger partial charge on any atom is -0.309 e. The molecule has 53 heavy (non-hydrogen) atoms. The van der Waals surface area contributed by atoms with Gasteiger partial charge >= 0.3 is 0 Å². The van der Waals surface area contributed by atoms with Crippen LogP contribution < -0.4 is 0 Å². The van der Waals surface area contributed by atoms with E-state index in [-0.39, 0.29) is 0 Å². The van der Waals surface area contributed by atoms with E-state index < -0.39 is 0 Å². The lowest BCUT2D eigenvalue weighted by atomic mass is 9.98. The van der Waals surface area contributed by atoms with Gasteiger partial charge in [0.05, 0.1) is 38.6 Å². The SMILES string of the molecule is c1ccc2c(c1)nc1c3ccccc3c3cc(-c4cc(-n5c6ccccc6c6ccccc65)cc(-n5c6ccccc6c6ccccc65)c4)ccc3n21. The van der Waals surface area contributed by atoms with Crippen LogP contribution >= 0.6 is 0 Å². The molecule has 0 aliphatic rings. The number of nitrogens with zero attached hydrogens (tertiary/aromatic N) is 4. The fraction of sp³-hybridized carbons (Fsp3) is 0. The smallest absolute Gasteiger partial charge is 0.146 e. The number of rotatable bonds is 3. The van der Waals surface area contributed by atoms with E-state index in [0.29, 0.717) is 0 Å². The molecule has 0 aliphatic carbocycles. The van der Waals surface area contributed by atoms with Crippen molar-refractivity contribution < 1.29 is 0 Å². The molecule has 0 radical (unpaired) electrons. The Kier molecular flexibility index (Phi) is 5.74. The maximum absolute atomic E-state index is 5.11. The molecule has 4 aromatic heterocycles. The molecule has 0 saturated carbocycles. The van der Waals surface area contributed by atoms with E-state index in [1.165, 1.54) is 54.4 Å². The molecule has 0 amide bonds. The molecule has 0 spiro atoms. The Morgan fingerprint density at radius 3 is 1.30 bits per heavy atom. The highest BCUT2D eigenvalue weighted by molar-refractivity contribution is 6.15. The van der Waals surface area contributed by atoms with Crippen molar-refractivity contribution in [2.45, 2.75) is 0 Å². The second-order valence-corrected chi connectivity index (χ2v) is 14.0. The van der Waals surface area contributed by atoms with Gasteiger partial charge in [0.15, 0.2) is 0 Å². The molecule has 0 aliphatic heterocycles. The first-order chi connectivity index (χ1) is 26.3. The van der Waals surface area contributed by atoms with Gasteiger partial charge in [-0.1, -0.05) is 115 Å².